The third-order valence-corrected chi connectivity index (χ3v) is 1.93. The van der Waals surface area contributed by atoms with E-state index in [4.69, 9.17) is 4.74 Å². The Labute approximate surface area is 56.7 Å². The largest absolute Gasteiger partial charge is 0.377 e. The van der Waals surface area contributed by atoms with Gasteiger partial charge in [0.25, 0.3) is 0 Å². The monoisotopic (exact) mass is 126 g/mol. The number of allylic oxidation sites excluding steroid dienone is 1. The molecule has 0 N–H and O–H groups in total. The van der Waals surface area contributed by atoms with Crippen molar-refractivity contribution in [1.82, 2.24) is 0 Å². The molecule has 0 aromatic carbocycles. The first-order valence-electron chi connectivity index (χ1n) is 3.44. The zero-order chi connectivity index (χ0) is 6.85. The van der Waals surface area contributed by atoms with Crippen LogP contribution < -0.4 is 0 Å². The zero-order valence-electron chi connectivity index (χ0n) is 6.35. The molecule has 0 radical (unpaired) electrons. The Morgan fingerprint density at radius 2 is 2.33 bits per heavy atom. The standard InChI is InChI=1S/C8H14O/c1-6-4-7(2)8(5-6)9-3/h5,7-8H,4H2,1-3H3. The summed E-state index contributed by atoms with van der Waals surface area (Å²) < 4.78 is 5.22. The molecule has 52 valence electrons. The van der Waals surface area contributed by atoms with Gasteiger partial charge in [-0.2, -0.15) is 0 Å². The Bertz CT molecular complexity index is 127. The molecule has 0 aromatic heterocycles. The van der Waals surface area contributed by atoms with Crippen LogP contribution in [0.2, 0.25) is 0 Å². The van der Waals surface area contributed by atoms with Crippen LogP contribution in [-0.2, 0) is 4.74 Å². The molecule has 0 aliphatic heterocycles. The third-order valence-electron chi connectivity index (χ3n) is 1.93. The highest BCUT2D eigenvalue weighted by Gasteiger charge is 2.20. The summed E-state index contributed by atoms with van der Waals surface area (Å²) in [6.45, 7) is 4.39. The molecule has 1 heteroatoms. The molecule has 0 saturated carbocycles. The van der Waals surface area contributed by atoms with Gasteiger partial charge in [0.05, 0.1) is 6.10 Å². The number of hydrogen-bond acceptors (Lipinski definition) is 1. The summed E-state index contributed by atoms with van der Waals surface area (Å²) in [6.07, 6.45) is 3.80. The van der Waals surface area contributed by atoms with Crippen molar-refractivity contribution in [1.29, 1.82) is 0 Å². The predicted molar refractivity (Wildman–Crippen MR) is 38.3 cm³/mol. The number of hydrogen-bond donors (Lipinski definition) is 0. The van der Waals surface area contributed by atoms with Crippen molar-refractivity contribution in [3.8, 4) is 0 Å². The topological polar surface area (TPSA) is 9.23 Å². The number of methoxy groups -OCH3 is 1. The highest BCUT2D eigenvalue weighted by molar-refractivity contribution is 5.11. The Morgan fingerprint density at radius 1 is 1.67 bits per heavy atom. The molecule has 0 heterocycles. The highest BCUT2D eigenvalue weighted by atomic mass is 16.5. The SMILES string of the molecule is COC1C=C(C)CC1C. The first kappa shape index (κ1) is 6.81. The summed E-state index contributed by atoms with van der Waals surface area (Å²) in [5.74, 6) is 0.690. The molecule has 0 saturated heterocycles. The van der Waals surface area contributed by atoms with Crippen molar-refractivity contribution in [2.24, 2.45) is 5.92 Å². The fourth-order valence-corrected chi connectivity index (χ4v) is 1.44. The van der Waals surface area contributed by atoms with Gasteiger partial charge < -0.3 is 4.74 Å². The maximum atomic E-state index is 5.22. The van der Waals surface area contributed by atoms with Gasteiger partial charge in [-0.25, -0.2) is 0 Å². The lowest BCUT2D eigenvalue weighted by Gasteiger charge is -2.10. The van der Waals surface area contributed by atoms with Crippen LogP contribution in [0.15, 0.2) is 11.6 Å². The summed E-state index contributed by atoms with van der Waals surface area (Å²) in [5.41, 5.74) is 1.47. The lowest BCUT2D eigenvalue weighted by molar-refractivity contribution is 0.106. The lowest BCUT2D eigenvalue weighted by Crippen LogP contribution is -2.11. The van der Waals surface area contributed by atoms with Gasteiger partial charge in [0.1, 0.15) is 0 Å². The van der Waals surface area contributed by atoms with Crippen molar-refractivity contribution in [2.75, 3.05) is 7.11 Å². The minimum atomic E-state index is 0.380. The van der Waals surface area contributed by atoms with E-state index in [-0.39, 0.29) is 0 Å². The van der Waals surface area contributed by atoms with Crippen LogP contribution in [-0.4, -0.2) is 13.2 Å². The van der Waals surface area contributed by atoms with E-state index < -0.39 is 0 Å². The number of rotatable bonds is 1. The molecule has 0 amide bonds. The van der Waals surface area contributed by atoms with Crippen LogP contribution in [0.4, 0.5) is 0 Å². The summed E-state index contributed by atoms with van der Waals surface area (Å²) in [5, 5.41) is 0. The van der Waals surface area contributed by atoms with E-state index in [1.807, 2.05) is 0 Å². The molecule has 0 spiro atoms. The first-order valence-corrected chi connectivity index (χ1v) is 3.44. The Balaban J connectivity index is 2.53. The lowest BCUT2D eigenvalue weighted by atomic mass is 10.1. The van der Waals surface area contributed by atoms with Gasteiger partial charge in [-0.15, -0.1) is 0 Å². The molecule has 0 aromatic rings. The van der Waals surface area contributed by atoms with Gasteiger partial charge >= 0.3 is 0 Å². The molecule has 0 fully saturated rings. The van der Waals surface area contributed by atoms with Crippen molar-refractivity contribution >= 4 is 0 Å². The predicted octanol–water partition coefficient (Wildman–Crippen LogP) is 1.99. The molecule has 0 bridgehead atoms. The fraction of sp³-hybridized carbons (Fsp3) is 0.750. The van der Waals surface area contributed by atoms with E-state index in [0.717, 1.165) is 0 Å². The van der Waals surface area contributed by atoms with Gasteiger partial charge in [0, 0.05) is 7.11 Å². The molecule has 1 aliphatic rings. The van der Waals surface area contributed by atoms with Crippen molar-refractivity contribution < 1.29 is 4.74 Å². The highest BCUT2D eigenvalue weighted by Crippen LogP contribution is 2.25. The molecule has 2 unspecified atom stereocenters. The minimum Gasteiger partial charge on any atom is -0.377 e. The second kappa shape index (κ2) is 2.53. The number of ether oxygens (including phenoxy) is 1. The van der Waals surface area contributed by atoms with Gasteiger partial charge in [-0.1, -0.05) is 18.6 Å². The summed E-state index contributed by atoms with van der Waals surface area (Å²) >= 11 is 0. The van der Waals surface area contributed by atoms with Crippen LogP contribution in [0.25, 0.3) is 0 Å². The summed E-state index contributed by atoms with van der Waals surface area (Å²) in [6, 6.07) is 0. The molecular formula is C8H14O. The maximum absolute atomic E-state index is 5.22. The van der Waals surface area contributed by atoms with Gasteiger partial charge in [0.15, 0.2) is 0 Å². The van der Waals surface area contributed by atoms with E-state index in [0.29, 0.717) is 12.0 Å². The van der Waals surface area contributed by atoms with Crippen LogP contribution in [0.1, 0.15) is 20.3 Å². The smallest absolute Gasteiger partial charge is 0.0783 e. The Morgan fingerprint density at radius 3 is 2.56 bits per heavy atom. The van der Waals surface area contributed by atoms with Crippen LogP contribution in [0.3, 0.4) is 0 Å². The van der Waals surface area contributed by atoms with Gasteiger partial charge in [-0.05, 0) is 19.3 Å². The quantitative estimate of drug-likeness (QED) is 0.488. The summed E-state index contributed by atoms with van der Waals surface area (Å²) in [7, 11) is 1.77. The van der Waals surface area contributed by atoms with Crippen molar-refractivity contribution in [2.45, 2.75) is 26.4 Å². The minimum absolute atomic E-state index is 0.380. The van der Waals surface area contributed by atoms with Gasteiger partial charge in [-0.3, -0.25) is 0 Å². The van der Waals surface area contributed by atoms with E-state index in [1.54, 1.807) is 7.11 Å². The molecule has 2 atom stereocenters. The second-order valence-corrected chi connectivity index (χ2v) is 2.89. The van der Waals surface area contributed by atoms with Crippen molar-refractivity contribution in [3.63, 3.8) is 0 Å². The molecule has 1 aliphatic carbocycles. The first-order chi connectivity index (χ1) is 4.24. The van der Waals surface area contributed by atoms with Crippen LogP contribution in [0.5, 0.6) is 0 Å². The molecule has 9 heavy (non-hydrogen) atoms. The van der Waals surface area contributed by atoms with Crippen LogP contribution >= 0.6 is 0 Å². The normalized spacial score (nSPS) is 34.8. The van der Waals surface area contributed by atoms with E-state index in [2.05, 4.69) is 19.9 Å². The fourth-order valence-electron chi connectivity index (χ4n) is 1.44. The zero-order valence-corrected chi connectivity index (χ0v) is 6.35. The molecular weight excluding hydrogens is 112 g/mol. The van der Waals surface area contributed by atoms with Crippen molar-refractivity contribution in [3.05, 3.63) is 11.6 Å². The third kappa shape index (κ3) is 1.33. The average molecular weight is 126 g/mol. The van der Waals surface area contributed by atoms with Crippen LogP contribution in [0, 0.1) is 5.92 Å². The average Bonchev–Trinajstić information content (AvgIpc) is 2.10. The molecule has 1 nitrogen and oxygen atoms in total. The Kier molecular flexibility index (Phi) is 1.91. The summed E-state index contributed by atoms with van der Waals surface area (Å²) in [4.78, 5) is 0. The second-order valence-electron chi connectivity index (χ2n) is 2.89. The van der Waals surface area contributed by atoms with E-state index >= 15 is 0 Å². The Hall–Kier alpha value is -0.300. The maximum Gasteiger partial charge on any atom is 0.0783 e. The molecule has 1 rings (SSSR count). The van der Waals surface area contributed by atoms with E-state index in [9.17, 15) is 0 Å². The van der Waals surface area contributed by atoms with Gasteiger partial charge in [0.2, 0.25) is 0 Å². The van der Waals surface area contributed by atoms with E-state index in [1.165, 1.54) is 12.0 Å².